The molecule has 5 nitrogen and oxygen atoms in total. The fraction of sp³-hybridized carbons (Fsp3) is 0.464. The number of hydrogen-bond acceptors (Lipinski definition) is 5. The number of benzene rings is 1. The molecule has 1 fully saturated rings. The topological polar surface area (TPSA) is 43.2 Å². The number of aromatic nitrogens is 1. The first kappa shape index (κ1) is 24.6. The predicted molar refractivity (Wildman–Crippen MR) is 141 cm³/mol. The summed E-state index contributed by atoms with van der Waals surface area (Å²) in [6, 6.07) is 12.3. The van der Waals surface area contributed by atoms with Crippen LogP contribution in [0.2, 0.25) is 5.02 Å². The van der Waals surface area contributed by atoms with Gasteiger partial charge in [-0.1, -0.05) is 43.3 Å². The molecule has 2 heterocycles. The standard InChI is InChI=1S/C28H38ClN5/c1-7-30-26-25(21(3)33(6)17-16-27(4)14-15-27)34(26)32-28(5,23-11-8-20(2)31-19-23)18-22-9-12-24(29)13-10-22/h8-13,19,30,32H,3,7,14-18H2,1-2,4-6H3. The molecule has 1 unspecified atom stereocenters. The normalized spacial score (nSPS) is 17.9. The van der Waals surface area contributed by atoms with E-state index < -0.39 is 0 Å². The smallest absolute Gasteiger partial charge is 0.149 e. The van der Waals surface area contributed by atoms with Crippen molar-refractivity contribution in [1.29, 1.82) is 0 Å². The van der Waals surface area contributed by atoms with Crippen molar-refractivity contribution >= 4 is 11.6 Å². The first-order chi connectivity index (χ1) is 16.1. The minimum atomic E-state index is -0.378. The van der Waals surface area contributed by atoms with Crippen LogP contribution in [0.3, 0.4) is 0 Å². The maximum atomic E-state index is 6.14. The Hall–Kier alpha value is -2.50. The largest absolute Gasteiger partial charge is 0.373 e. The Morgan fingerprint density at radius 1 is 1.24 bits per heavy atom. The highest BCUT2D eigenvalue weighted by atomic mass is 35.5. The molecule has 1 aliphatic carbocycles. The highest BCUT2D eigenvalue weighted by Crippen LogP contribution is 2.48. The Bertz CT molecular complexity index is 1060. The summed E-state index contributed by atoms with van der Waals surface area (Å²) in [4.78, 5) is 6.88. The molecule has 0 bridgehead atoms. The molecule has 0 spiro atoms. The molecule has 34 heavy (non-hydrogen) atoms. The van der Waals surface area contributed by atoms with Crippen LogP contribution in [0, 0.1) is 12.3 Å². The Morgan fingerprint density at radius 3 is 2.53 bits per heavy atom. The minimum absolute atomic E-state index is 0.378. The van der Waals surface area contributed by atoms with Gasteiger partial charge in [0.1, 0.15) is 11.5 Å². The maximum absolute atomic E-state index is 6.14. The van der Waals surface area contributed by atoms with Crippen LogP contribution in [-0.4, -0.2) is 35.0 Å². The second-order valence-corrected chi connectivity index (χ2v) is 10.9. The van der Waals surface area contributed by atoms with E-state index in [0.29, 0.717) is 5.41 Å². The minimum Gasteiger partial charge on any atom is -0.373 e. The van der Waals surface area contributed by atoms with E-state index in [2.05, 4.69) is 84.3 Å². The van der Waals surface area contributed by atoms with Gasteiger partial charge in [-0.25, -0.2) is 5.43 Å². The zero-order valence-corrected chi connectivity index (χ0v) is 22.0. The Morgan fingerprint density at radius 2 is 1.94 bits per heavy atom. The zero-order valence-electron chi connectivity index (χ0n) is 21.2. The molecule has 6 heteroatoms. The number of hydrogen-bond donors (Lipinski definition) is 2. The lowest BCUT2D eigenvalue weighted by Crippen LogP contribution is -2.47. The predicted octanol–water partition coefficient (Wildman–Crippen LogP) is 5.74. The maximum Gasteiger partial charge on any atom is 0.149 e. The quantitative estimate of drug-likeness (QED) is 0.406. The summed E-state index contributed by atoms with van der Waals surface area (Å²) in [5.74, 6) is 1.10. The van der Waals surface area contributed by atoms with Crippen LogP contribution < -0.4 is 10.7 Å². The van der Waals surface area contributed by atoms with Gasteiger partial charge in [-0.15, -0.1) is 0 Å². The van der Waals surface area contributed by atoms with E-state index in [-0.39, 0.29) is 5.54 Å². The molecule has 0 saturated heterocycles. The van der Waals surface area contributed by atoms with E-state index >= 15 is 0 Å². The Labute approximate surface area is 209 Å². The van der Waals surface area contributed by atoms with Crippen molar-refractivity contribution in [3.05, 3.63) is 88.2 Å². The molecule has 0 amide bonds. The number of likely N-dealkylation sites (N-methyl/N-ethyl adjacent to an activating group) is 1. The lowest BCUT2D eigenvalue weighted by molar-refractivity contribution is 0.225. The first-order valence-electron chi connectivity index (χ1n) is 12.3. The van der Waals surface area contributed by atoms with Crippen molar-refractivity contribution in [1.82, 2.24) is 25.6 Å². The molecule has 1 aliphatic heterocycles. The van der Waals surface area contributed by atoms with Crippen LogP contribution in [0.5, 0.6) is 0 Å². The third kappa shape index (κ3) is 5.59. The van der Waals surface area contributed by atoms with Crippen LogP contribution in [0.25, 0.3) is 0 Å². The molecule has 2 N–H and O–H groups in total. The number of nitrogens with zero attached hydrogens (tertiary/aromatic N) is 3. The number of aryl methyl sites for hydroxylation is 1. The summed E-state index contributed by atoms with van der Waals surface area (Å²) in [6.07, 6.45) is 6.67. The highest BCUT2D eigenvalue weighted by Gasteiger charge is 2.43. The number of pyridine rings is 1. The van der Waals surface area contributed by atoms with Crippen molar-refractivity contribution in [2.24, 2.45) is 5.41 Å². The van der Waals surface area contributed by atoms with Crippen LogP contribution in [-0.2, 0) is 12.0 Å². The van der Waals surface area contributed by atoms with Gasteiger partial charge >= 0.3 is 0 Å². The van der Waals surface area contributed by atoms with E-state index in [9.17, 15) is 0 Å². The van der Waals surface area contributed by atoms with Crippen LogP contribution in [0.15, 0.2) is 66.4 Å². The van der Waals surface area contributed by atoms with Crippen molar-refractivity contribution < 1.29 is 0 Å². The summed E-state index contributed by atoms with van der Waals surface area (Å²) >= 11 is 6.14. The molecular weight excluding hydrogens is 442 g/mol. The molecular formula is C28H38ClN5. The zero-order chi connectivity index (χ0) is 24.5. The monoisotopic (exact) mass is 479 g/mol. The number of hydrazine groups is 1. The average molecular weight is 480 g/mol. The second kappa shape index (κ2) is 9.63. The Kier molecular flexibility index (Phi) is 6.97. The molecule has 1 aromatic heterocycles. The van der Waals surface area contributed by atoms with Gasteiger partial charge in [0.25, 0.3) is 0 Å². The molecule has 1 aromatic carbocycles. The van der Waals surface area contributed by atoms with Crippen LogP contribution >= 0.6 is 11.6 Å². The molecule has 0 radical (unpaired) electrons. The van der Waals surface area contributed by atoms with Crippen LogP contribution in [0.4, 0.5) is 0 Å². The fourth-order valence-electron chi connectivity index (χ4n) is 4.35. The lowest BCUT2D eigenvalue weighted by atomic mass is 9.87. The van der Waals surface area contributed by atoms with E-state index in [0.717, 1.165) is 53.0 Å². The fourth-order valence-corrected chi connectivity index (χ4v) is 4.47. The summed E-state index contributed by atoms with van der Waals surface area (Å²) in [5.41, 5.74) is 9.49. The van der Waals surface area contributed by atoms with Gasteiger partial charge in [0, 0.05) is 37.1 Å². The SMILES string of the molecule is C=C(C1=C(NCC)N1NC(C)(Cc1ccc(Cl)cc1)c1ccc(C)nc1)N(C)CCC1(C)CC1. The average Bonchev–Trinajstić information content (AvgIpc) is 3.71. The summed E-state index contributed by atoms with van der Waals surface area (Å²) in [6.45, 7) is 15.1. The van der Waals surface area contributed by atoms with Gasteiger partial charge in [-0.2, -0.15) is 0 Å². The molecule has 182 valence electrons. The molecule has 1 atom stereocenters. The van der Waals surface area contributed by atoms with E-state index in [1.54, 1.807) is 0 Å². The van der Waals surface area contributed by atoms with Crippen molar-refractivity contribution in [2.45, 2.75) is 58.9 Å². The van der Waals surface area contributed by atoms with Gasteiger partial charge in [-0.05, 0) is 81.2 Å². The van der Waals surface area contributed by atoms with Gasteiger partial charge in [0.2, 0.25) is 0 Å². The van der Waals surface area contributed by atoms with Gasteiger partial charge in [-0.3, -0.25) is 9.99 Å². The number of rotatable bonds is 12. The third-order valence-electron chi connectivity index (χ3n) is 7.23. The molecule has 2 aromatic rings. The summed E-state index contributed by atoms with van der Waals surface area (Å²) in [5, 5.41) is 6.43. The Balaban J connectivity index is 1.54. The van der Waals surface area contributed by atoms with Gasteiger partial charge in [0.05, 0.1) is 11.2 Å². The van der Waals surface area contributed by atoms with E-state index in [1.807, 2.05) is 25.3 Å². The van der Waals surface area contributed by atoms with Gasteiger partial charge < -0.3 is 10.2 Å². The van der Waals surface area contributed by atoms with Crippen molar-refractivity contribution in [2.75, 3.05) is 20.1 Å². The summed E-state index contributed by atoms with van der Waals surface area (Å²) in [7, 11) is 2.15. The summed E-state index contributed by atoms with van der Waals surface area (Å²) < 4.78 is 0. The molecule has 2 aliphatic rings. The second-order valence-electron chi connectivity index (χ2n) is 10.4. The molecule has 1 saturated carbocycles. The highest BCUT2D eigenvalue weighted by molar-refractivity contribution is 6.30. The third-order valence-corrected chi connectivity index (χ3v) is 7.48. The molecule has 4 rings (SSSR count). The van der Waals surface area contributed by atoms with Gasteiger partial charge in [0.15, 0.2) is 0 Å². The first-order valence-corrected chi connectivity index (χ1v) is 12.7. The number of nitrogens with one attached hydrogen (secondary N) is 2. The van der Waals surface area contributed by atoms with Crippen molar-refractivity contribution in [3.8, 4) is 0 Å². The number of halogens is 1. The van der Waals surface area contributed by atoms with Crippen molar-refractivity contribution in [3.63, 3.8) is 0 Å². The van der Waals surface area contributed by atoms with E-state index in [4.69, 9.17) is 11.6 Å². The van der Waals surface area contributed by atoms with E-state index in [1.165, 1.54) is 24.8 Å². The lowest BCUT2D eigenvalue weighted by Gasteiger charge is -2.34. The van der Waals surface area contributed by atoms with Crippen LogP contribution in [0.1, 0.15) is 56.9 Å².